The van der Waals surface area contributed by atoms with Crippen LogP contribution in [-0.4, -0.2) is 72.2 Å². The van der Waals surface area contributed by atoms with Crippen molar-refractivity contribution in [1.29, 1.82) is 0 Å². The Labute approximate surface area is 289 Å². The average Bonchev–Trinajstić information content (AvgIpc) is 3.22. The van der Waals surface area contributed by atoms with E-state index in [-0.39, 0.29) is 28.9 Å². The van der Waals surface area contributed by atoms with E-state index in [9.17, 15) is 13.8 Å². The molecule has 0 aromatic heterocycles. The molecule has 1 saturated carbocycles. The van der Waals surface area contributed by atoms with Crippen LogP contribution in [0.4, 0.5) is 5.69 Å². The van der Waals surface area contributed by atoms with Crippen molar-refractivity contribution in [3.05, 3.63) is 58.1 Å². The maximum Gasteiger partial charge on any atom is 0.263 e. The number of carbonyl (C=O) groups is 2. The van der Waals surface area contributed by atoms with E-state index < -0.39 is 11.0 Å². The van der Waals surface area contributed by atoms with Gasteiger partial charge < -0.3 is 19.6 Å². The Kier molecular flexibility index (Phi) is 13.6. The van der Waals surface area contributed by atoms with Gasteiger partial charge in [0.2, 0.25) is 5.91 Å². The lowest BCUT2D eigenvalue weighted by molar-refractivity contribution is -0.130. The van der Waals surface area contributed by atoms with Crippen LogP contribution in [0.3, 0.4) is 0 Å². The van der Waals surface area contributed by atoms with Crippen molar-refractivity contribution in [3.63, 3.8) is 0 Å². The van der Waals surface area contributed by atoms with E-state index in [1.807, 2.05) is 39.2 Å². The molecule has 1 aliphatic carbocycles. The molecule has 5 rings (SSSR count). The summed E-state index contributed by atoms with van der Waals surface area (Å²) in [4.78, 5) is 30.5. The van der Waals surface area contributed by atoms with Gasteiger partial charge in [0.15, 0.2) is 0 Å². The van der Waals surface area contributed by atoms with Crippen LogP contribution in [0.5, 0.6) is 5.75 Å². The van der Waals surface area contributed by atoms with Gasteiger partial charge in [-0.3, -0.25) is 14.3 Å². The van der Waals surface area contributed by atoms with Crippen molar-refractivity contribution < 1.29 is 23.6 Å². The quantitative estimate of drug-likeness (QED) is 0.367. The first-order valence-electron chi connectivity index (χ1n) is 17.2. The molecule has 1 fully saturated rings. The number of aliphatic hydroxyl groups is 1. The van der Waals surface area contributed by atoms with Crippen molar-refractivity contribution in [1.82, 2.24) is 9.62 Å². The molecule has 2 N–H and O–H groups in total. The van der Waals surface area contributed by atoms with Crippen LogP contribution >= 0.6 is 11.6 Å². The van der Waals surface area contributed by atoms with E-state index in [0.29, 0.717) is 36.3 Å². The van der Waals surface area contributed by atoms with E-state index in [1.165, 1.54) is 11.1 Å². The van der Waals surface area contributed by atoms with Crippen LogP contribution in [0.1, 0.15) is 93.1 Å². The highest BCUT2D eigenvalue weighted by atomic mass is 35.5. The van der Waals surface area contributed by atoms with Gasteiger partial charge in [-0.25, -0.2) is 4.21 Å². The summed E-state index contributed by atoms with van der Waals surface area (Å²) in [6.07, 6.45) is 7.67. The number of fused-ring (bicyclic) bond motifs is 2. The van der Waals surface area contributed by atoms with E-state index in [2.05, 4.69) is 35.6 Å². The lowest BCUT2D eigenvalue weighted by atomic mass is 9.64. The van der Waals surface area contributed by atoms with E-state index in [1.54, 1.807) is 11.0 Å². The molecule has 2 heterocycles. The second kappa shape index (κ2) is 17.2. The van der Waals surface area contributed by atoms with Gasteiger partial charge in [0.25, 0.3) is 5.91 Å². The maximum atomic E-state index is 13.4. The predicted molar refractivity (Wildman–Crippen MR) is 192 cm³/mol. The normalized spacial score (nSPS) is 27.9. The van der Waals surface area contributed by atoms with Crippen molar-refractivity contribution in [2.24, 2.45) is 23.7 Å². The third kappa shape index (κ3) is 9.09. The predicted octanol–water partition coefficient (Wildman–Crippen LogP) is 6.61. The van der Waals surface area contributed by atoms with Gasteiger partial charge in [0, 0.05) is 57.2 Å². The fourth-order valence-corrected chi connectivity index (χ4v) is 8.68. The zero-order valence-electron chi connectivity index (χ0n) is 29.0. The number of ether oxygens (including phenoxy) is 1. The number of aliphatic hydroxyl groups excluding tert-OH is 1. The number of hydrogen-bond donors (Lipinski definition) is 2. The Morgan fingerprint density at radius 2 is 1.85 bits per heavy atom. The number of halogens is 1. The SMILES string of the molecule is CCCc1cc(Cl)ccc1C1COc2ccc3cc2N(C1)CC1CCC1C(CC(=O)N(C)C)CCCC(C)C(C)S(=O)NC3=O.CO. The molecule has 10 heteroatoms. The third-order valence-corrected chi connectivity index (χ3v) is 12.3. The standard InChI is InChI=1S/C36H50ClN3O4S.CH4O/c1-6-8-25-17-30(37)13-15-32(25)29-21-40-20-28-11-14-31(28)26(19-35(41)39(4)5)10-7-9-23(2)24(3)45(43)38-36(42)27-12-16-34(44-22-29)33(40)18-27;1-2/h12-13,15-18,23-24,26,28-29,31H,6-11,14,19-22H2,1-5H3,(H,38,42);2H,1H3. The summed E-state index contributed by atoms with van der Waals surface area (Å²) < 4.78 is 22.5. The Hall–Kier alpha value is -2.62. The molecule has 260 valence electrons. The fraction of sp³-hybridized carbons (Fsp3) is 0.622. The largest absolute Gasteiger partial charge is 0.491 e. The van der Waals surface area contributed by atoms with E-state index in [4.69, 9.17) is 21.4 Å². The van der Waals surface area contributed by atoms with Crippen molar-refractivity contribution >= 4 is 40.1 Å². The third-order valence-electron chi connectivity index (χ3n) is 10.5. The summed E-state index contributed by atoms with van der Waals surface area (Å²) in [5.74, 6) is 2.16. The summed E-state index contributed by atoms with van der Waals surface area (Å²) in [6, 6.07) is 11.8. The smallest absolute Gasteiger partial charge is 0.263 e. The van der Waals surface area contributed by atoms with Crippen LogP contribution in [0.15, 0.2) is 36.4 Å². The van der Waals surface area contributed by atoms with Gasteiger partial charge in [-0.1, -0.05) is 44.4 Å². The highest BCUT2D eigenvalue weighted by Crippen LogP contribution is 2.46. The lowest BCUT2D eigenvalue weighted by Gasteiger charge is -2.45. The Morgan fingerprint density at radius 1 is 1.09 bits per heavy atom. The zero-order valence-corrected chi connectivity index (χ0v) is 30.5. The van der Waals surface area contributed by atoms with Crippen molar-refractivity contribution in [2.75, 3.05) is 45.8 Å². The topological polar surface area (TPSA) is 99.2 Å². The first-order chi connectivity index (χ1) is 22.5. The highest BCUT2D eigenvalue weighted by Gasteiger charge is 2.40. The number of benzene rings is 2. The molecule has 3 aliphatic rings. The molecule has 2 aromatic rings. The molecular formula is C37H54ClN3O5S. The average molecular weight is 688 g/mol. The summed E-state index contributed by atoms with van der Waals surface area (Å²) in [5, 5.41) is 7.57. The number of amides is 2. The lowest BCUT2D eigenvalue weighted by Crippen LogP contribution is -2.43. The minimum atomic E-state index is -1.51. The van der Waals surface area contributed by atoms with Crippen molar-refractivity contribution in [3.8, 4) is 5.75 Å². The van der Waals surface area contributed by atoms with Crippen LogP contribution in [0.2, 0.25) is 5.02 Å². The Morgan fingerprint density at radius 3 is 2.53 bits per heavy atom. The second-order valence-corrected chi connectivity index (χ2v) is 15.8. The monoisotopic (exact) mass is 687 g/mol. The minimum Gasteiger partial charge on any atom is -0.491 e. The minimum absolute atomic E-state index is 0.124. The summed E-state index contributed by atoms with van der Waals surface area (Å²) in [6.45, 7) is 8.37. The summed E-state index contributed by atoms with van der Waals surface area (Å²) in [7, 11) is 3.18. The van der Waals surface area contributed by atoms with Gasteiger partial charge >= 0.3 is 0 Å². The Balaban J connectivity index is 0.00000245. The number of aryl methyl sites for hydroxylation is 1. The molecule has 0 radical (unpaired) electrons. The van der Waals surface area contributed by atoms with Crippen LogP contribution in [-0.2, 0) is 22.2 Å². The van der Waals surface area contributed by atoms with E-state index in [0.717, 1.165) is 81.6 Å². The summed E-state index contributed by atoms with van der Waals surface area (Å²) in [5.41, 5.74) is 3.91. The maximum absolute atomic E-state index is 13.4. The highest BCUT2D eigenvalue weighted by molar-refractivity contribution is 7.84. The van der Waals surface area contributed by atoms with Crippen LogP contribution < -0.4 is 14.4 Å². The number of anilines is 1. The molecule has 0 spiro atoms. The molecule has 0 saturated heterocycles. The first kappa shape index (κ1) is 37.2. The molecule has 47 heavy (non-hydrogen) atoms. The van der Waals surface area contributed by atoms with Gasteiger partial charge in [-0.05, 0) is 104 Å². The number of carbonyl (C=O) groups excluding carboxylic acids is 2. The zero-order chi connectivity index (χ0) is 34.2. The molecule has 7 atom stereocenters. The molecular weight excluding hydrogens is 634 g/mol. The molecule has 7 unspecified atom stereocenters. The Bertz CT molecular complexity index is 1400. The first-order valence-corrected chi connectivity index (χ1v) is 18.8. The molecule has 2 amide bonds. The number of nitrogens with zero attached hydrogens (tertiary/aromatic N) is 2. The molecule has 2 aliphatic heterocycles. The second-order valence-electron chi connectivity index (χ2n) is 13.8. The molecule has 2 aromatic carbocycles. The van der Waals surface area contributed by atoms with Gasteiger partial charge in [-0.2, -0.15) is 0 Å². The van der Waals surface area contributed by atoms with Crippen LogP contribution in [0, 0.1) is 23.7 Å². The number of nitrogens with one attached hydrogen (secondary N) is 1. The molecule has 2 bridgehead atoms. The molecule has 8 nitrogen and oxygen atoms in total. The number of rotatable bonds is 5. The van der Waals surface area contributed by atoms with Gasteiger partial charge in [0.1, 0.15) is 16.7 Å². The summed E-state index contributed by atoms with van der Waals surface area (Å²) >= 11 is 6.43. The van der Waals surface area contributed by atoms with Crippen LogP contribution in [0.25, 0.3) is 0 Å². The van der Waals surface area contributed by atoms with E-state index >= 15 is 0 Å². The number of hydrogen-bond acceptors (Lipinski definition) is 6. The van der Waals surface area contributed by atoms with Gasteiger partial charge in [-0.15, -0.1) is 0 Å². The van der Waals surface area contributed by atoms with Gasteiger partial charge in [0.05, 0.1) is 17.5 Å². The van der Waals surface area contributed by atoms with Crippen molar-refractivity contribution in [2.45, 2.75) is 83.3 Å². The fourth-order valence-electron chi connectivity index (χ4n) is 7.45.